The van der Waals surface area contributed by atoms with Crippen LogP contribution in [0.3, 0.4) is 0 Å². The van der Waals surface area contributed by atoms with E-state index in [-0.39, 0.29) is 0 Å². The summed E-state index contributed by atoms with van der Waals surface area (Å²) in [6.07, 6.45) is 8.45. The zero-order valence-corrected chi connectivity index (χ0v) is 12.7. The fourth-order valence-corrected chi connectivity index (χ4v) is 3.54. The first-order valence-electron chi connectivity index (χ1n) is 7.17. The van der Waals surface area contributed by atoms with Gasteiger partial charge in [0.15, 0.2) is 0 Å². The zero-order valence-electron chi connectivity index (χ0n) is 11.9. The largest absolute Gasteiger partial charge is 0.314 e. The van der Waals surface area contributed by atoms with Gasteiger partial charge < -0.3 is 5.32 Å². The first-order chi connectivity index (χ1) is 8.55. The third kappa shape index (κ3) is 4.06. The molecule has 0 atom stereocenters. The van der Waals surface area contributed by atoms with Crippen LogP contribution in [0.15, 0.2) is 11.6 Å². The summed E-state index contributed by atoms with van der Waals surface area (Å²) < 4.78 is 0. The van der Waals surface area contributed by atoms with Crippen LogP contribution in [0, 0.1) is 11.3 Å². The Morgan fingerprint density at radius 3 is 2.56 bits per heavy atom. The summed E-state index contributed by atoms with van der Waals surface area (Å²) in [6, 6.07) is 0.739. The number of nitrogens with zero attached hydrogens (tertiary/aromatic N) is 1. The van der Waals surface area contributed by atoms with E-state index in [1.165, 1.54) is 30.7 Å². The van der Waals surface area contributed by atoms with Crippen molar-refractivity contribution < 1.29 is 0 Å². The van der Waals surface area contributed by atoms with E-state index in [0.29, 0.717) is 5.41 Å². The van der Waals surface area contributed by atoms with Crippen LogP contribution in [0.4, 0.5) is 0 Å². The smallest absolute Gasteiger partial charge is 0.0937 e. The molecule has 1 aromatic rings. The summed E-state index contributed by atoms with van der Waals surface area (Å²) in [6.45, 7) is 8.23. The van der Waals surface area contributed by atoms with E-state index in [1.54, 1.807) is 11.3 Å². The van der Waals surface area contributed by atoms with Crippen molar-refractivity contribution in [3.63, 3.8) is 0 Å². The Kier molecular flexibility index (Phi) is 4.79. The van der Waals surface area contributed by atoms with Gasteiger partial charge in [-0.15, -0.1) is 11.3 Å². The number of hydrogen-bond donors (Lipinski definition) is 1. The quantitative estimate of drug-likeness (QED) is 0.894. The molecular formula is C15H26N2S. The second-order valence-electron chi connectivity index (χ2n) is 6.54. The van der Waals surface area contributed by atoms with Crippen LogP contribution in [0.1, 0.15) is 51.5 Å². The number of nitrogens with one attached hydrogen (secondary N) is 1. The van der Waals surface area contributed by atoms with E-state index in [4.69, 9.17) is 0 Å². The highest BCUT2D eigenvalue weighted by atomic mass is 32.1. The molecule has 0 saturated heterocycles. The standard InChI is InChI=1S/C15H26N2S/c1-15(2,3)12-4-6-13(7-5-12)16-9-8-14-17-10-11-18-14/h10-13,16H,4-9H2,1-3H3. The monoisotopic (exact) mass is 266 g/mol. The van der Waals surface area contributed by atoms with Gasteiger partial charge in [-0.05, 0) is 37.0 Å². The molecule has 0 aliphatic heterocycles. The molecule has 18 heavy (non-hydrogen) atoms. The maximum atomic E-state index is 4.32. The van der Waals surface area contributed by atoms with Crippen LogP contribution < -0.4 is 5.32 Å². The predicted octanol–water partition coefficient (Wildman–Crippen LogP) is 3.88. The molecule has 3 heteroatoms. The average Bonchev–Trinajstić information content (AvgIpc) is 2.82. The number of thiazole rings is 1. The maximum Gasteiger partial charge on any atom is 0.0937 e. The normalized spacial score (nSPS) is 25.3. The molecule has 1 saturated carbocycles. The van der Waals surface area contributed by atoms with Crippen molar-refractivity contribution in [3.05, 3.63) is 16.6 Å². The van der Waals surface area contributed by atoms with Gasteiger partial charge in [0.25, 0.3) is 0 Å². The van der Waals surface area contributed by atoms with Crippen molar-refractivity contribution in [3.8, 4) is 0 Å². The molecule has 0 radical (unpaired) electrons. The molecule has 0 bridgehead atoms. The molecule has 1 aliphatic carbocycles. The van der Waals surface area contributed by atoms with Gasteiger partial charge >= 0.3 is 0 Å². The molecule has 1 fully saturated rings. The van der Waals surface area contributed by atoms with E-state index in [2.05, 4.69) is 36.5 Å². The molecular weight excluding hydrogens is 240 g/mol. The summed E-state index contributed by atoms with van der Waals surface area (Å²) in [5.41, 5.74) is 0.492. The highest BCUT2D eigenvalue weighted by Gasteiger charge is 2.29. The van der Waals surface area contributed by atoms with Gasteiger partial charge in [-0.3, -0.25) is 0 Å². The second kappa shape index (κ2) is 6.16. The highest BCUT2D eigenvalue weighted by Crippen LogP contribution is 2.37. The van der Waals surface area contributed by atoms with Crippen LogP contribution >= 0.6 is 11.3 Å². The summed E-state index contributed by atoms with van der Waals surface area (Å²) in [7, 11) is 0. The molecule has 1 aromatic heterocycles. The Labute approximate surface area is 115 Å². The van der Waals surface area contributed by atoms with E-state index < -0.39 is 0 Å². The van der Waals surface area contributed by atoms with Gasteiger partial charge in [-0.25, -0.2) is 4.98 Å². The van der Waals surface area contributed by atoms with Crippen LogP contribution in [-0.2, 0) is 6.42 Å². The summed E-state index contributed by atoms with van der Waals surface area (Å²) in [4.78, 5) is 4.32. The molecule has 0 amide bonds. The van der Waals surface area contributed by atoms with Gasteiger partial charge in [0.2, 0.25) is 0 Å². The second-order valence-corrected chi connectivity index (χ2v) is 7.52. The van der Waals surface area contributed by atoms with Crippen molar-refractivity contribution in [1.29, 1.82) is 0 Å². The van der Waals surface area contributed by atoms with E-state index >= 15 is 0 Å². The van der Waals surface area contributed by atoms with Crippen molar-refractivity contribution in [2.75, 3.05) is 6.54 Å². The Bertz CT molecular complexity index is 332. The highest BCUT2D eigenvalue weighted by molar-refractivity contribution is 7.09. The molecule has 2 rings (SSSR count). The SMILES string of the molecule is CC(C)(C)C1CCC(NCCc2nccs2)CC1. The van der Waals surface area contributed by atoms with Crippen molar-refractivity contribution in [2.45, 2.75) is 58.9 Å². The minimum absolute atomic E-state index is 0.492. The van der Waals surface area contributed by atoms with E-state index in [0.717, 1.165) is 24.9 Å². The Morgan fingerprint density at radius 2 is 2.00 bits per heavy atom. The Morgan fingerprint density at radius 1 is 1.28 bits per heavy atom. The van der Waals surface area contributed by atoms with Crippen LogP contribution in [0.5, 0.6) is 0 Å². The van der Waals surface area contributed by atoms with Crippen LogP contribution in [-0.4, -0.2) is 17.6 Å². The lowest BCUT2D eigenvalue weighted by molar-refractivity contribution is 0.160. The fourth-order valence-electron chi connectivity index (χ4n) is 2.92. The summed E-state index contributed by atoms with van der Waals surface area (Å²) in [5, 5.41) is 7.01. The Hall–Kier alpha value is -0.410. The van der Waals surface area contributed by atoms with Crippen molar-refractivity contribution in [2.24, 2.45) is 11.3 Å². The van der Waals surface area contributed by atoms with Gasteiger partial charge in [-0.2, -0.15) is 0 Å². The van der Waals surface area contributed by atoms with E-state index in [1.807, 2.05) is 6.20 Å². The Balaban J connectivity index is 1.65. The van der Waals surface area contributed by atoms with Crippen LogP contribution in [0.25, 0.3) is 0 Å². The third-order valence-electron chi connectivity index (χ3n) is 4.21. The molecule has 1 heterocycles. The lowest BCUT2D eigenvalue weighted by atomic mass is 9.71. The molecule has 1 N–H and O–H groups in total. The number of hydrogen-bond acceptors (Lipinski definition) is 3. The number of aromatic nitrogens is 1. The van der Waals surface area contributed by atoms with Crippen LogP contribution in [0.2, 0.25) is 0 Å². The number of rotatable bonds is 4. The molecule has 0 unspecified atom stereocenters. The average molecular weight is 266 g/mol. The lowest BCUT2D eigenvalue weighted by Gasteiger charge is -2.37. The summed E-state index contributed by atoms with van der Waals surface area (Å²) in [5.74, 6) is 0.912. The molecule has 0 aromatic carbocycles. The zero-order chi connectivity index (χ0) is 13.0. The maximum absolute atomic E-state index is 4.32. The summed E-state index contributed by atoms with van der Waals surface area (Å²) >= 11 is 1.76. The minimum Gasteiger partial charge on any atom is -0.314 e. The van der Waals surface area contributed by atoms with Crippen molar-refractivity contribution >= 4 is 11.3 Å². The van der Waals surface area contributed by atoms with Gasteiger partial charge in [0.1, 0.15) is 0 Å². The molecule has 1 aliphatic rings. The van der Waals surface area contributed by atoms with Crippen molar-refractivity contribution in [1.82, 2.24) is 10.3 Å². The van der Waals surface area contributed by atoms with Gasteiger partial charge in [0, 0.05) is 30.6 Å². The third-order valence-corrected chi connectivity index (χ3v) is 5.05. The predicted molar refractivity (Wildman–Crippen MR) is 79.0 cm³/mol. The first kappa shape index (κ1) is 14.0. The lowest BCUT2D eigenvalue weighted by Crippen LogP contribution is -2.37. The molecule has 2 nitrogen and oxygen atoms in total. The molecule has 102 valence electrons. The van der Waals surface area contributed by atoms with E-state index in [9.17, 15) is 0 Å². The minimum atomic E-state index is 0.492. The molecule has 0 spiro atoms. The topological polar surface area (TPSA) is 24.9 Å². The van der Waals surface area contributed by atoms with Gasteiger partial charge in [0.05, 0.1) is 5.01 Å². The first-order valence-corrected chi connectivity index (χ1v) is 8.05. The fraction of sp³-hybridized carbons (Fsp3) is 0.800. The van der Waals surface area contributed by atoms with Gasteiger partial charge in [-0.1, -0.05) is 20.8 Å².